The van der Waals surface area contributed by atoms with Crippen LogP contribution in [0, 0.1) is 5.82 Å². The highest BCUT2D eigenvalue weighted by molar-refractivity contribution is 7.92. The molecule has 5 rings (SSSR count). The van der Waals surface area contributed by atoms with Crippen LogP contribution in [0.5, 0.6) is 0 Å². The molecule has 2 atom stereocenters. The van der Waals surface area contributed by atoms with Gasteiger partial charge in [0.25, 0.3) is 0 Å². The number of hydrogen-bond acceptors (Lipinski definition) is 4. The highest BCUT2D eigenvalue weighted by Gasteiger charge is 2.50. The molecule has 1 saturated heterocycles. The second-order valence-electron chi connectivity index (χ2n) is 7.46. The van der Waals surface area contributed by atoms with Crippen LogP contribution in [0.25, 0.3) is 11.1 Å². The normalized spacial score (nSPS) is 22.8. The molecule has 2 aliphatic rings. The van der Waals surface area contributed by atoms with Gasteiger partial charge >= 0.3 is 0 Å². The average molecular weight is 394 g/mol. The van der Waals surface area contributed by atoms with E-state index in [-0.39, 0.29) is 11.7 Å². The Labute approximate surface area is 163 Å². The molecule has 2 unspecified atom stereocenters. The SMILES string of the molecule is O=S1(=O)c2ccc(-c3ccncc3)cc2C2CN(Cc3ccccc3F)CC21. The number of halogens is 1. The Morgan fingerprint density at radius 2 is 1.79 bits per heavy atom. The standard InChI is InChI=1S/C22H19FN2O2S/c23-20-4-2-1-3-17(20)12-25-13-19-18-11-16(15-7-9-24-10-8-15)5-6-21(18)28(26,27)22(19)14-25/h1-11,19,22H,12-14H2. The third-order valence-electron chi connectivity index (χ3n) is 5.82. The van der Waals surface area contributed by atoms with E-state index in [0.717, 1.165) is 16.7 Å². The summed E-state index contributed by atoms with van der Waals surface area (Å²) in [6.07, 6.45) is 3.46. The first-order chi connectivity index (χ1) is 13.5. The lowest BCUT2D eigenvalue weighted by molar-refractivity contribution is 0.320. The van der Waals surface area contributed by atoms with Crippen LogP contribution in [0.1, 0.15) is 17.0 Å². The van der Waals surface area contributed by atoms with E-state index >= 15 is 0 Å². The highest BCUT2D eigenvalue weighted by atomic mass is 32.2. The molecule has 2 aliphatic heterocycles. The van der Waals surface area contributed by atoms with E-state index in [4.69, 9.17) is 0 Å². The summed E-state index contributed by atoms with van der Waals surface area (Å²) >= 11 is 0. The van der Waals surface area contributed by atoms with Crippen LogP contribution in [0.3, 0.4) is 0 Å². The molecule has 4 nitrogen and oxygen atoms in total. The fraction of sp³-hybridized carbons (Fsp3) is 0.227. The lowest BCUT2D eigenvalue weighted by Gasteiger charge is -2.18. The first-order valence-corrected chi connectivity index (χ1v) is 10.8. The summed E-state index contributed by atoms with van der Waals surface area (Å²) in [5, 5.41) is -0.457. The highest BCUT2D eigenvalue weighted by Crippen LogP contribution is 2.46. The number of pyridine rings is 1. The Balaban J connectivity index is 1.48. The molecule has 28 heavy (non-hydrogen) atoms. The van der Waals surface area contributed by atoms with Crippen LogP contribution >= 0.6 is 0 Å². The van der Waals surface area contributed by atoms with Gasteiger partial charge in [0.2, 0.25) is 0 Å². The summed E-state index contributed by atoms with van der Waals surface area (Å²) in [6, 6.07) is 16.1. The fourth-order valence-electron chi connectivity index (χ4n) is 4.45. The van der Waals surface area contributed by atoms with Crippen LogP contribution in [-0.2, 0) is 16.4 Å². The van der Waals surface area contributed by atoms with Gasteiger partial charge in [-0.1, -0.05) is 24.3 Å². The smallest absolute Gasteiger partial charge is 0.183 e. The van der Waals surface area contributed by atoms with Gasteiger partial charge in [-0.15, -0.1) is 0 Å². The molecule has 3 heterocycles. The van der Waals surface area contributed by atoms with Crippen LogP contribution < -0.4 is 0 Å². The Hall–Kier alpha value is -2.57. The van der Waals surface area contributed by atoms with Crippen molar-refractivity contribution in [3.05, 3.63) is 83.9 Å². The predicted octanol–water partition coefficient (Wildman–Crippen LogP) is 3.64. The summed E-state index contributed by atoms with van der Waals surface area (Å²) in [5.74, 6) is -0.323. The fourth-order valence-corrected chi connectivity index (χ4v) is 6.64. The van der Waals surface area contributed by atoms with E-state index in [1.54, 1.807) is 30.6 Å². The van der Waals surface area contributed by atoms with Crippen molar-refractivity contribution in [3.8, 4) is 11.1 Å². The van der Waals surface area contributed by atoms with E-state index in [1.807, 2.05) is 35.2 Å². The molecule has 0 saturated carbocycles. The van der Waals surface area contributed by atoms with Crippen molar-refractivity contribution in [3.63, 3.8) is 0 Å². The van der Waals surface area contributed by atoms with Gasteiger partial charge in [-0.05, 0) is 47.0 Å². The first-order valence-electron chi connectivity index (χ1n) is 9.28. The minimum atomic E-state index is -3.37. The summed E-state index contributed by atoms with van der Waals surface area (Å²) in [5.41, 5.74) is 3.49. The Kier molecular flexibility index (Phi) is 4.07. The van der Waals surface area contributed by atoms with Crippen molar-refractivity contribution in [1.29, 1.82) is 0 Å². The number of rotatable bonds is 3. The van der Waals surface area contributed by atoms with Crippen molar-refractivity contribution in [2.24, 2.45) is 0 Å². The van der Waals surface area contributed by atoms with Gasteiger partial charge in [0.15, 0.2) is 9.84 Å². The number of nitrogens with zero attached hydrogens (tertiary/aromatic N) is 2. The predicted molar refractivity (Wildman–Crippen MR) is 105 cm³/mol. The Morgan fingerprint density at radius 1 is 1.00 bits per heavy atom. The quantitative estimate of drug-likeness (QED) is 0.681. The largest absolute Gasteiger partial charge is 0.297 e. The van der Waals surface area contributed by atoms with Crippen LogP contribution in [-0.4, -0.2) is 36.6 Å². The van der Waals surface area contributed by atoms with Crippen molar-refractivity contribution >= 4 is 9.84 Å². The molecular weight excluding hydrogens is 375 g/mol. The molecular formula is C22H19FN2O2S. The van der Waals surface area contributed by atoms with Crippen LogP contribution in [0.2, 0.25) is 0 Å². The molecule has 1 fully saturated rings. The van der Waals surface area contributed by atoms with Gasteiger partial charge in [-0.3, -0.25) is 9.88 Å². The number of fused-ring (bicyclic) bond motifs is 3. The lowest BCUT2D eigenvalue weighted by atomic mass is 9.95. The van der Waals surface area contributed by atoms with Gasteiger partial charge in [0.05, 0.1) is 10.1 Å². The van der Waals surface area contributed by atoms with Crippen LogP contribution in [0.4, 0.5) is 4.39 Å². The molecule has 142 valence electrons. The van der Waals surface area contributed by atoms with Crippen molar-refractivity contribution in [2.75, 3.05) is 13.1 Å². The zero-order valence-electron chi connectivity index (χ0n) is 15.1. The zero-order valence-corrected chi connectivity index (χ0v) is 15.9. The summed E-state index contributed by atoms with van der Waals surface area (Å²) in [7, 11) is -3.37. The summed E-state index contributed by atoms with van der Waals surface area (Å²) < 4.78 is 40.2. The maximum atomic E-state index is 14.0. The Bertz CT molecular complexity index is 1150. The number of likely N-dealkylation sites (tertiary alicyclic amines) is 1. The molecule has 0 N–H and O–H groups in total. The molecule has 0 amide bonds. The van der Waals surface area contributed by atoms with Gasteiger partial charge in [-0.25, -0.2) is 12.8 Å². The zero-order chi connectivity index (χ0) is 19.3. The second kappa shape index (κ2) is 6.50. The maximum absolute atomic E-state index is 14.0. The maximum Gasteiger partial charge on any atom is 0.183 e. The number of aromatic nitrogens is 1. The van der Waals surface area contributed by atoms with E-state index < -0.39 is 15.1 Å². The van der Waals surface area contributed by atoms with Gasteiger partial charge in [0, 0.05) is 43.5 Å². The molecule has 0 bridgehead atoms. The third kappa shape index (κ3) is 2.75. The monoisotopic (exact) mass is 394 g/mol. The van der Waals surface area contributed by atoms with Crippen molar-refractivity contribution in [2.45, 2.75) is 22.6 Å². The number of benzene rings is 2. The van der Waals surface area contributed by atoms with Crippen molar-refractivity contribution in [1.82, 2.24) is 9.88 Å². The third-order valence-corrected chi connectivity index (χ3v) is 8.08. The molecule has 3 aromatic rings. The van der Waals surface area contributed by atoms with Gasteiger partial charge < -0.3 is 0 Å². The lowest BCUT2D eigenvalue weighted by Crippen LogP contribution is -2.26. The molecule has 2 aromatic carbocycles. The molecule has 1 aromatic heterocycles. The average Bonchev–Trinajstić information content (AvgIpc) is 3.22. The molecule has 6 heteroatoms. The van der Waals surface area contributed by atoms with E-state index in [0.29, 0.717) is 30.1 Å². The first kappa shape index (κ1) is 17.5. The number of sulfone groups is 1. The van der Waals surface area contributed by atoms with Gasteiger partial charge in [0.1, 0.15) is 5.82 Å². The summed E-state index contributed by atoms with van der Waals surface area (Å²) in [4.78, 5) is 6.54. The van der Waals surface area contributed by atoms with E-state index in [2.05, 4.69) is 4.98 Å². The second-order valence-corrected chi connectivity index (χ2v) is 9.60. The molecule has 0 aliphatic carbocycles. The number of hydrogen-bond donors (Lipinski definition) is 0. The Morgan fingerprint density at radius 3 is 2.57 bits per heavy atom. The topological polar surface area (TPSA) is 50.3 Å². The molecule has 0 spiro atoms. The minimum absolute atomic E-state index is 0.0754. The minimum Gasteiger partial charge on any atom is -0.297 e. The van der Waals surface area contributed by atoms with Gasteiger partial charge in [-0.2, -0.15) is 0 Å². The summed E-state index contributed by atoms with van der Waals surface area (Å²) in [6.45, 7) is 1.47. The van der Waals surface area contributed by atoms with Crippen molar-refractivity contribution < 1.29 is 12.8 Å². The van der Waals surface area contributed by atoms with Crippen LogP contribution in [0.15, 0.2) is 71.9 Å². The van der Waals surface area contributed by atoms with E-state index in [1.165, 1.54) is 6.07 Å². The van der Waals surface area contributed by atoms with E-state index in [9.17, 15) is 12.8 Å². The molecule has 0 radical (unpaired) electrons.